The van der Waals surface area contributed by atoms with Crippen LogP contribution in [0.3, 0.4) is 0 Å². The van der Waals surface area contributed by atoms with Crippen molar-refractivity contribution < 1.29 is 14.3 Å². The standard InChI is InChI=1S/C24H28N2O3/c1-29-20-13-11-18(12-14-20)21(17-7-3-2-4-8-17)15-22-24(28)25-16-23(27)26(22)19-9-5-6-10-19/h2-4,7-8,11-14,19,21-22H,5-6,9-10,15-16H2,1H3,(H,25,28). The fourth-order valence-corrected chi connectivity index (χ4v) is 4.74. The quantitative estimate of drug-likeness (QED) is 0.819. The lowest BCUT2D eigenvalue weighted by Gasteiger charge is -2.40. The molecule has 29 heavy (non-hydrogen) atoms. The number of benzene rings is 2. The smallest absolute Gasteiger partial charge is 0.243 e. The number of ether oxygens (including phenoxy) is 1. The zero-order chi connectivity index (χ0) is 20.2. The van der Waals surface area contributed by atoms with Gasteiger partial charge in [0.15, 0.2) is 0 Å². The molecule has 1 aliphatic carbocycles. The van der Waals surface area contributed by atoms with Crippen LogP contribution in [0, 0.1) is 0 Å². The van der Waals surface area contributed by atoms with Crippen molar-refractivity contribution in [3.63, 3.8) is 0 Å². The van der Waals surface area contributed by atoms with E-state index in [2.05, 4.69) is 29.6 Å². The average molecular weight is 392 g/mol. The lowest BCUT2D eigenvalue weighted by atomic mass is 9.84. The molecule has 0 spiro atoms. The van der Waals surface area contributed by atoms with Crippen molar-refractivity contribution >= 4 is 11.8 Å². The van der Waals surface area contributed by atoms with Crippen molar-refractivity contribution in [2.75, 3.05) is 13.7 Å². The Morgan fingerprint density at radius 3 is 2.31 bits per heavy atom. The van der Waals surface area contributed by atoms with E-state index in [9.17, 15) is 9.59 Å². The van der Waals surface area contributed by atoms with E-state index in [1.54, 1.807) is 7.11 Å². The highest BCUT2D eigenvalue weighted by atomic mass is 16.5. The van der Waals surface area contributed by atoms with Crippen LogP contribution in [0.1, 0.15) is 49.1 Å². The Labute approximate surface area is 172 Å². The molecule has 1 aliphatic heterocycles. The first-order valence-electron chi connectivity index (χ1n) is 10.4. The maximum Gasteiger partial charge on any atom is 0.243 e. The van der Waals surface area contributed by atoms with E-state index in [0.29, 0.717) is 6.42 Å². The number of amides is 2. The fraction of sp³-hybridized carbons (Fsp3) is 0.417. The summed E-state index contributed by atoms with van der Waals surface area (Å²) in [7, 11) is 1.65. The summed E-state index contributed by atoms with van der Waals surface area (Å²) in [4.78, 5) is 27.5. The second-order valence-corrected chi connectivity index (χ2v) is 7.95. The van der Waals surface area contributed by atoms with Gasteiger partial charge in [-0.05, 0) is 42.5 Å². The molecule has 5 nitrogen and oxygen atoms in total. The second-order valence-electron chi connectivity index (χ2n) is 7.95. The maximum atomic E-state index is 12.9. The minimum Gasteiger partial charge on any atom is -0.497 e. The molecule has 0 bridgehead atoms. The first kappa shape index (κ1) is 19.5. The summed E-state index contributed by atoms with van der Waals surface area (Å²) in [6.45, 7) is 0.115. The van der Waals surface area contributed by atoms with Crippen LogP contribution in [-0.2, 0) is 9.59 Å². The van der Waals surface area contributed by atoms with Crippen LogP contribution < -0.4 is 10.1 Å². The zero-order valence-corrected chi connectivity index (χ0v) is 16.8. The van der Waals surface area contributed by atoms with E-state index < -0.39 is 6.04 Å². The number of piperazine rings is 1. The molecule has 2 aliphatic rings. The van der Waals surface area contributed by atoms with Gasteiger partial charge in [-0.1, -0.05) is 55.3 Å². The van der Waals surface area contributed by atoms with Crippen LogP contribution in [0.15, 0.2) is 54.6 Å². The lowest BCUT2D eigenvalue weighted by Crippen LogP contribution is -2.61. The van der Waals surface area contributed by atoms with Crippen molar-refractivity contribution in [3.8, 4) is 5.75 Å². The average Bonchev–Trinajstić information content (AvgIpc) is 3.29. The third-order valence-corrected chi connectivity index (χ3v) is 6.24. The number of rotatable bonds is 6. The van der Waals surface area contributed by atoms with Gasteiger partial charge in [-0.15, -0.1) is 0 Å². The number of nitrogens with one attached hydrogen (secondary N) is 1. The molecule has 1 heterocycles. The Bertz CT molecular complexity index is 844. The van der Waals surface area contributed by atoms with E-state index in [0.717, 1.165) is 42.6 Å². The Morgan fingerprint density at radius 1 is 1.00 bits per heavy atom. The van der Waals surface area contributed by atoms with Crippen LogP contribution in [0.25, 0.3) is 0 Å². The van der Waals surface area contributed by atoms with Gasteiger partial charge in [0.25, 0.3) is 0 Å². The molecule has 0 aromatic heterocycles. The van der Waals surface area contributed by atoms with Crippen LogP contribution in [-0.4, -0.2) is 42.5 Å². The van der Waals surface area contributed by atoms with E-state index >= 15 is 0 Å². The molecule has 5 heteroatoms. The number of carbonyl (C=O) groups is 2. The van der Waals surface area contributed by atoms with Crippen molar-refractivity contribution in [1.82, 2.24) is 10.2 Å². The molecule has 2 aromatic rings. The van der Waals surface area contributed by atoms with Gasteiger partial charge < -0.3 is 15.0 Å². The topological polar surface area (TPSA) is 58.6 Å². The van der Waals surface area contributed by atoms with Crippen LogP contribution >= 0.6 is 0 Å². The number of hydrogen-bond acceptors (Lipinski definition) is 3. The summed E-state index contributed by atoms with van der Waals surface area (Å²) in [5.41, 5.74) is 2.27. The Morgan fingerprint density at radius 2 is 1.66 bits per heavy atom. The number of nitrogens with zero attached hydrogens (tertiary/aromatic N) is 1. The van der Waals surface area contributed by atoms with Crippen LogP contribution in [0.4, 0.5) is 0 Å². The van der Waals surface area contributed by atoms with Gasteiger partial charge >= 0.3 is 0 Å². The molecular weight excluding hydrogens is 364 g/mol. The minimum absolute atomic E-state index is 0.0210. The Kier molecular flexibility index (Phi) is 5.84. The molecule has 1 saturated heterocycles. The SMILES string of the molecule is COc1ccc(C(CC2C(=O)NCC(=O)N2C2CCCC2)c2ccccc2)cc1. The lowest BCUT2D eigenvalue weighted by molar-refractivity contribution is -0.148. The van der Waals surface area contributed by atoms with E-state index in [1.165, 1.54) is 0 Å². The molecule has 2 atom stereocenters. The van der Waals surface area contributed by atoms with Crippen LogP contribution in [0.5, 0.6) is 5.75 Å². The molecule has 2 fully saturated rings. The van der Waals surface area contributed by atoms with Gasteiger partial charge in [-0.25, -0.2) is 0 Å². The second kappa shape index (κ2) is 8.68. The molecule has 2 unspecified atom stereocenters. The van der Waals surface area contributed by atoms with Crippen molar-refractivity contribution in [2.45, 2.75) is 50.1 Å². The number of hydrogen-bond donors (Lipinski definition) is 1. The van der Waals surface area contributed by atoms with Gasteiger partial charge in [0.2, 0.25) is 11.8 Å². The van der Waals surface area contributed by atoms with Crippen molar-refractivity contribution in [2.24, 2.45) is 0 Å². The highest BCUT2D eigenvalue weighted by Crippen LogP contribution is 2.35. The molecule has 2 aromatic carbocycles. The van der Waals surface area contributed by atoms with Crippen molar-refractivity contribution in [3.05, 3.63) is 65.7 Å². The summed E-state index contributed by atoms with van der Waals surface area (Å²) in [5, 5.41) is 2.81. The molecule has 4 rings (SSSR count). The monoisotopic (exact) mass is 392 g/mol. The predicted molar refractivity (Wildman–Crippen MR) is 112 cm³/mol. The molecule has 1 saturated carbocycles. The number of carbonyl (C=O) groups excluding carboxylic acids is 2. The van der Waals surface area contributed by atoms with Gasteiger partial charge in [0.05, 0.1) is 13.7 Å². The molecule has 1 N–H and O–H groups in total. The fourth-order valence-electron chi connectivity index (χ4n) is 4.74. The normalized spacial score (nSPS) is 21.1. The van der Waals surface area contributed by atoms with E-state index in [-0.39, 0.29) is 30.3 Å². The third-order valence-electron chi connectivity index (χ3n) is 6.24. The van der Waals surface area contributed by atoms with Gasteiger partial charge in [-0.2, -0.15) is 0 Å². The summed E-state index contributed by atoms with van der Waals surface area (Å²) in [6.07, 6.45) is 4.82. The molecular formula is C24H28N2O3. The summed E-state index contributed by atoms with van der Waals surface area (Å²) >= 11 is 0. The molecule has 2 amide bonds. The van der Waals surface area contributed by atoms with Gasteiger partial charge in [0.1, 0.15) is 11.8 Å². The molecule has 152 valence electrons. The Balaban J connectivity index is 1.67. The Hall–Kier alpha value is -2.82. The first-order valence-corrected chi connectivity index (χ1v) is 10.4. The zero-order valence-electron chi connectivity index (χ0n) is 16.8. The van der Waals surface area contributed by atoms with Gasteiger partial charge in [-0.3, -0.25) is 9.59 Å². The van der Waals surface area contributed by atoms with E-state index in [4.69, 9.17) is 4.74 Å². The van der Waals surface area contributed by atoms with E-state index in [1.807, 2.05) is 35.2 Å². The summed E-state index contributed by atoms with van der Waals surface area (Å²) < 4.78 is 5.30. The summed E-state index contributed by atoms with van der Waals surface area (Å²) in [5.74, 6) is 0.834. The largest absolute Gasteiger partial charge is 0.497 e. The minimum atomic E-state index is -0.438. The highest BCUT2D eigenvalue weighted by molar-refractivity contribution is 5.95. The van der Waals surface area contributed by atoms with Gasteiger partial charge in [0, 0.05) is 12.0 Å². The third kappa shape index (κ3) is 4.14. The summed E-state index contributed by atoms with van der Waals surface area (Å²) in [6, 6.07) is 18.0. The first-order chi connectivity index (χ1) is 14.2. The highest BCUT2D eigenvalue weighted by Gasteiger charge is 2.41. The van der Waals surface area contributed by atoms with Crippen LogP contribution in [0.2, 0.25) is 0 Å². The number of methoxy groups -OCH3 is 1. The predicted octanol–water partition coefficient (Wildman–Crippen LogP) is 3.49. The molecule has 0 radical (unpaired) electrons. The maximum absolute atomic E-state index is 12.9. The van der Waals surface area contributed by atoms with Crippen molar-refractivity contribution in [1.29, 1.82) is 0 Å².